The molecule has 0 saturated carbocycles. The van der Waals surface area contributed by atoms with Crippen LogP contribution in [0.25, 0.3) is 11.3 Å². The van der Waals surface area contributed by atoms with Gasteiger partial charge in [-0.15, -0.1) is 0 Å². The van der Waals surface area contributed by atoms with E-state index >= 15 is 0 Å². The maximum atomic E-state index is 12.8. The number of benzene rings is 1. The van der Waals surface area contributed by atoms with E-state index in [4.69, 9.17) is 23.5 Å². The number of aromatic nitrogens is 3. The number of fused-ring (bicyclic) bond motifs is 3. The molecule has 1 atom stereocenters. The molecule has 3 aromatic rings. The second kappa shape index (κ2) is 9.36. The molecule has 0 amide bonds. The highest BCUT2D eigenvalue weighted by Crippen LogP contribution is 2.36. The van der Waals surface area contributed by atoms with Gasteiger partial charge < -0.3 is 28.0 Å². The summed E-state index contributed by atoms with van der Waals surface area (Å²) in [5, 5.41) is 3.92. The Balaban J connectivity index is 1.37. The lowest BCUT2D eigenvalue weighted by atomic mass is 9.94. The van der Waals surface area contributed by atoms with Crippen molar-refractivity contribution < 1.29 is 23.5 Å². The third kappa shape index (κ3) is 4.51. The highest BCUT2D eigenvalue weighted by Gasteiger charge is 2.23. The summed E-state index contributed by atoms with van der Waals surface area (Å²) in [5.41, 5.74) is 3.88. The molecule has 0 spiro atoms. The molecule has 0 radical (unpaired) electrons. The molecular weight excluding hydrogens is 426 g/mol. The molecule has 1 saturated heterocycles. The summed E-state index contributed by atoms with van der Waals surface area (Å²) in [7, 11) is 0. The molecule has 0 aliphatic carbocycles. The van der Waals surface area contributed by atoms with Crippen LogP contribution in [-0.2, 0) is 35.5 Å². The molecular formula is C24H27N3O6. The number of ether oxygens (including phenoxy) is 4. The Bertz CT molecular complexity index is 1200. The average molecular weight is 453 g/mol. The number of hydrogen-bond acceptors (Lipinski definition) is 8. The van der Waals surface area contributed by atoms with Crippen LogP contribution in [0.1, 0.15) is 29.8 Å². The fourth-order valence-electron chi connectivity index (χ4n) is 4.23. The normalized spacial score (nSPS) is 17.3. The van der Waals surface area contributed by atoms with E-state index in [-0.39, 0.29) is 18.3 Å². The molecule has 0 N–H and O–H groups in total. The maximum absolute atomic E-state index is 12.8. The Kier molecular flexibility index (Phi) is 6.15. The summed E-state index contributed by atoms with van der Waals surface area (Å²) in [5.74, 6) is 2.42. The van der Waals surface area contributed by atoms with Crippen molar-refractivity contribution in [2.75, 3.05) is 26.4 Å². The monoisotopic (exact) mass is 453 g/mol. The zero-order chi connectivity index (χ0) is 22.8. The lowest BCUT2D eigenvalue weighted by molar-refractivity contribution is -0.101. The van der Waals surface area contributed by atoms with Gasteiger partial charge in [0.05, 0.1) is 25.5 Å². The van der Waals surface area contributed by atoms with Crippen LogP contribution in [0.3, 0.4) is 0 Å². The first-order valence-electron chi connectivity index (χ1n) is 11.3. The first-order valence-corrected chi connectivity index (χ1v) is 11.3. The van der Waals surface area contributed by atoms with Crippen LogP contribution in [0, 0.1) is 6.92 Å². The Morgan fingerprint density at radius 3 is 2.91 bits per heavy atom. The van der Waals surface area contributed by atoms with Crippen LogP contribution in [0.4, 0.5) is 0 Å². The summed E-state index contributed by atoms with van der Waals surface area (Å²) < 4.78 is 29.9. The van der Waals surface area contributed by atoms with Crippen LogP contribution >= 0.6 is 0 Å². The van der Waals surface area contributed by atoms with Crippen LogP contribution in [-0.4, -0.2) is 47.2 Å². The minimum Gasteiger partial charge on any atom is -0.490 e. The minimum atomic E-state index is -0.128. The van der Waals surface area contributed by atoms with Gasteiger partial charge in [-0.25, -0.2) is 0 Å². The number of nitrogens with zero attached hydrogens (tertiary/aromatic N) is 3. The summed E-state index contributed by atoms with van der Waals surface area (Å²) in [6.07, 6.45) is 1.31. The smallest absolute Gasteiger partial charge is 0.254 e. The Morgan fingerprint density at radius 1 is 1.21 bits per heavy atom. The van der Waals surface area contributed by atoms with Crippen molar-refractivity contribution >= 4 is 0 Å². The van der Waals surface area contributed by atoms with Crippen molar-refractivity contribution in [2.45, 2.75) is 45.9 Å². The summed E-state index contributed by atoms with van der Waals surface area (Å²) in [6.45, 7) is 6.80. The van der Waals surface area contributed by atoms with Gasteiger partial charge in [0, 0.05) is 30.2 Å². The topological polar surface area (TPSA) is 97.8 Å². The third-order valence-corrected chi connectivity index (χ3v) is 5.94. The summed E-state index contributed by atoms with van der Waals surface area (Å²) in [6, 6.07) is 7.49. The second-order valence-electron chi connectivity index (χ2n) is 8.17. The lowest BCUT2D eigenvalue weighted by Crippen LogP contribution is -2.34. The van der Waals surface area contributed by atoms with Crippen molar-refractivity contribution in [2.24, 2.45) is 0 Å². The molecule has 9 nitrogen and oxygen atoms in total. The van der Waals surface area contributed by atoms with E-state index in [9.17, 15) is 4.79 Å². The first-order chi connectivity index (χ1) is 16.1. The SMILES string of the molecule is CCc1nc(COc2ccc3c(c2)CCn2c-3c(C)c(OC[C@@H]3COCCO3)cc2=O)no1. The van der Waals surface area contributed by atoms with Gasteiger partial charge >= 0.3 is 0 Å². The predicted octanol–water partition coefficient (Wildman–Crippen LogP) is 2.70. The predicted molar refractivity (Wildman–Crippen MR) is 119 cm³/mol. The van der Waals surface area contributed by atoms with E-state index in [0.29, 0.717) is 56.9 Å². The van der Waals surface area contributed by atoms with Gasteiger partial charge in [-0.2, -0.15) is 4.98 Å². The van der Waals surface area contributed by atoms with Gasteiger partial charge in [0.15, 0.2) is 6.61 Å². The number of hydrogen-bond donors (Lipinski definition) is 0. The van der Waals surface area contributed by atoms with Crippen LogP contribution < -0.4 is 15.0 Å². The highest BCUT2D eigenvalue weighted by molar-refractivity contribution is 5.71. The first kappa shape index (κ1) is 21.7. The maximum Gasteiger partial charge on any atom is 0.254 e. The third-order valence-electron chi connectivity index (χ3n) is 5.94. The van der Waals surface area contributed by atoms with Crippen molar-refractivity contribution in [3.8, 4) is 22.8 Å². The van der Waals surface area contributed by atoms with Gasteiger partial charge in [-0.05, 0) is 37.1 Å². The molecule has 174 valence electrons. The fourth-order valence-corrected chi connectivity index (χ4v) is 4.23. The molecule has 1 aromatic carbocycles. The summed E-state index contributed by atoms with van der Waals surface area (Å²) in [4.78, 5) is 17.1. The molecule has 5 rings (SSSR count). The molecule has 2 aliphatic heterocycles. The van der Waals surface area contributed by atoms with Gasteiger partial charge in [0.25, 0.3) is 5.56 Å². The van der Waals surface area contributed by atoms with E-state index in [1.54, 1.807) is 6.07 Å². The van der Waals surface area contributed by atoms with Gasteiger partial charge in [-0.3, -0.25) is 4.79 Å². The molecule has 4 heterocycles. The molecule has 2 aliphatic rings. The molecule has 0 bridgehead atoms. The van der Waals surface area contributed by atoms with Gasteiger partial charge in [0.1, 0.15) is 24.2 Å². The van der Waals surface area contributed by atoms with Crippen molar-refractivity contribution in [1.82, 2.24) is 14.7 Å². The van der Waals surface area contributed by atoms with Crippen LogP contribution in [0.2, 0.25) is 0 Å². The van der Waals surface area contributed by atoms with E-state index < -0.39 is 0 Å². The summed E-state index contributed by atoms with van der Waals surface area (Å²) >= 11 is 0. The van der Waals surface area contributed by atoms with Crippen molar-refractivity contribution in [1.29, 1.82) is 0 Å². The molecule has 2 aromatic heterocycles. The minimum absolute atomic E-state index is 0.0683. The molecule has 0 unspecified atom stereocenters. The zero-order valence-electron chi connectivity index (χ0n) is 18.8. The zero-order valence-corrected chi connectivity index (χ0v) is 18.8. The van der Waals surface area contributed by atoms with Crippen molar-refractivity contribution in [3.05, 3.63) is 57.5 Å². The Morgan fingerprint density at radius 2 is 2.12 bits per heavy atom. The van der Waals surface area contributed by atoms with E-state index in [1.807, 2.05) is 36.6 Å². The number of aryl methyl sites for hydroxylation is 2. The molecule has 33 heavy (non-hydrogen) atoms. The quantitative estimate of drug-likeness (QED) is 0.539. The number of rotatable bonds is 7. The van der Waals surface area contributed by atoms with Crippen LogP contribution in [0.15, 0.2) is 33.6 Å². The lowest BCUT2D eigenvalue weighted by Gasteiger charge is -2.27. The fraction of sp³-hybridized carbons (Fsp3) is 0.458. The van der Waals surface area contributed by atoms with E-state index in [2.05, 4.69) is 10.1 Å². The van der Waals surface area contributed by atoms with Gasteiger partial charge in [0.2, 0.25) is 11.7 Å². The largest absolute Gasteiger partial charge is 0.490 e. The number of pyridine rings is 1. The van der Waals surface area contributed by atoms with Crippen LogP contribution in [0.5, 0.6) is 11.5 Å². The van der Waals surface area contributed by atoms with Crippen molar-refractivity contribution in [3.63, 3.8) is 0 Å². The van der Waals surface area contributed by atoms with E-state index in [0.717, 1.165) is 34.6 Å². The average Bonchev–Trinajstić information content (AvgIpc) is 3.32. The Labute approximate surface area is 191 Å². The Hall–Kier alpha value is -3.17. The second-order valence-corrected chi connectivity index (χ2v) is 8.17. The standard InChI is InChI=1S/C24H27N3O6/c1-3-22-25-21(26-33-22)14-31-17-4-5-19-16(10-17)6-7-27-23(28)11-20(15(2)24(19)27)32-13-18-12-29-8-9-30-18/h4-5,10-11,18H,3,6-9,12-14H2,1-2H3/t18-/m0/s1. The highest BCUT2D eigenvalue weighted by atomic mass is 16.6. The van der Waals surface area contributed by atoms with Gasteiger partial charge in [-0.1, -0.05) is 12.1 Å². The van der Waals surface area contributed by atoms with E-state index in [1.165, 1.54) is 0 Å². The molecule has 9 heteroatoms. The molecule has 1 fully saturated rings.